The zero-order valence-electron chi connectivity index (χ0n) is 8.80. The molecule has 1 rings (SSSR count). The molecular weight excluding hydrogens is 216 g/mol. The highest BCUT2D eigenvalue weighted by atomic mass is 16.7. The van der Waals surface area contributed by atoms with Gasteiger partial charge in [-0.15, -0.1) is 0 Å². The molecule has 0 bridgehead atoms. The van der Waals surface area contributed by atoms with E-state index < -0.39 is 17.7 Å². The van der Waals surface area contributed by atoms with Crippen molar-refractivity contribution in [2.24, 2.45) is 0 Å². The molecule has 86 valence electrons. The van der Waals surface area contributed by atoms with Gasteiger partial charge in [0.15, 0.2) is 0 Å². The first-order valence-electron chi connectivity index (χ1n) is 4.38. The van der Waals surface area contributed by atoms with E-state index in [1.807, 2.05) is 0 Å². The lowest BCUT2D eigenvalue weighted by Crippen LogP contribution is -2.09. The lowest BCUT2D eigenvalue weighted by atomic mass is 10.3. The van der Waals surface area contributed by atoms with Crippen molar-refractivity contribution in [3.05, 3.63) is 27.9 Å². The molecular formula is C9H10N2O5. The smallest absolute Gasteiger partial charge is 0.331 e. The molecule has 1 aromatic heterocycles. The summed E-state index contributed by atoms with van der Waals surface area (Å²) >= 11 is 0. The first-order valence-corrected chi connectivity index (χ1v) is 4.38. The van der Waals surface area contributed by atoms with Crippen LogP contribution in [-0.2, 0) is 9.53 Å². The maximum atomic E-state index is 10.6. The van der Waals surface area contributed by atoms with E-state index in [9.17, 15) is 14.9 Å². The van der Waals surface area contributed by atoms with Gasteiger partial charge in [0.05, 0.1) is 4.92 Å². The Morgan fingerprint density at radius 2 is 2.31 bits per heavy atom. The van der Waals surface area contributed by atoms with Crippen molar-refractivity contribution in [1.82, 2.24) is 4.98 Å². The molecule has 0 aliphatic carbocycles. The van der Waals surface area contributed by atoms with Gasteiger partial charge in [0.2, 0.25) is 6.79 Å². The molecule has 0 aliphatic heterocycles. The Bertz CT molecular complexity index is 418. The van der Waals surface area contributed by atoms with Gasteiger partial charge in [-0.25, -0.2) is 4.98 Å². The van der Waals surface area contributed by atoms with E-state index in [-0.39, 0.29) is 11.6 Å². The number of ether oxygens (including phenoxy) is 2. The lowest BCUT2D eigenvalue weighted by Gasteiger charge is -2.05. The van der Waals surface area contributed by atoms with E-state index in [4.69, 9.17) is 4.74 Å². The first kappa shape index (κ1) is 11.9. The fourth-order valence-corrected chi connectivity index (χ4v) is 0.952. The van der Waals surface area contributed by atoms with Gasteiger partial charge in [-0.1, -0.05) is 0 Å². The second-order valence-electron chi connectivity index (χ2n) is 2.99. The molecule has 7 heteroatoms. The van der Waals surface area contributed by atoms with Gasteiger partial charge in [0.25, 0.3) is 5.88 Å². The standard InChI is InChI=1S/C9H10N2O5/c1-6-3-8(11(13)14)9(10-4-6)16-5-15-7(2)12/h3-4H,5H2,1-2H3. The molecule has 0 atom stereocenters. The normalized spacial score (nSPS) is 9.62. The molecule has 16 heavy (non-hydrogen) atoms. The van der Waals surface area contributed by atoms with E-state index in [1.165, 1.54) is 19.2 Å². The number of aromatic nitrogens is 1. The number of hydrogen-bond donors (Lipinski definition) is 0. The van der Waals surface area contributed by atoms with E-state index in [1.54, 1.807) is 6.92 Å². The van der Waals surface area contributed by atoms with Gasteiger partial charge in [-0.05, 0) is 12.5 Å². The van der Waals surface area contributed by atoms with E-state index in [0.29, 0.717) is 5.56 Å². The summed E-state index contributed by atoms with van der Waals surface area (Å²) in [5.74, 6) is -0.702. The summed E-state index contributed by atoms with van der Waals surface area (Å²) in [6.07, 6.45) is 1.43. The predicted molar refractivity (Wildman–Crippen MR) is 52.9 cm³/mol. The van der Waals surface area contributed by atoms with Crippen molar-refractivity contribution in [1.29, 1.82) is 0 Å². The minimum absolute atomic E-state index is 0.170. The van der Waals surface area contributed by atoms with Crippen LogP contribution in [0.25, 0.3) is 0 Å². The molecule has 1 aromatic rings. The van der Waals surface area contributed by atoms with Crippen LogP contribution in [-0.4, -0.2) is 22.7 Å². The zero-order chi connectivity index (χ0) is 12.1. The first-order chi connectivity index (χ1) is 7.50. The Morgan fingerprint density at radius 3 is 2.88 bits per heavy atom. The quantitative estimate of drug-likeness (QED) is 0.331. The predicted octanol–water partition coefficient (Wildman–Crippen LogP) is 1.20. The average Bonchev–Trinajstić information content (AvgIpc) is 2.19. The monoisotopic (exact) mass is 226 g/mol. The zero-order valence-corrected chi connectivity index (χ0v) is 8.80. The Kier molecular flexibility index (Phi) is 3.76. The van der Waals surface area contributed by atoms with Crippen LogP contribution in [0.4, 0.5) is 5.69 Å². The summed E-state index contributed by atoms with van der Waals surface area (Å²) < 4.78 is 9.36. The number of pyridine rings is 1. The summed E-state index contributed by atoms with van der Waals surface area (Å²) in [6, 6.07) is 1.33. The third-order valence-electron chi connectivity index (χ3n) is 1.62. The van der Waals surface area contributed by atoms with Gasteiger partial charge in [0, 0.05) is 19.2 Å². The van der Waals surface area contributed by atoms with Crippen LogP contribution in [0.1, 0.15) is 12.5 Å². The number of carbonyl (C=O) groups excluding carboxylic acids is 1. The molecule has 0 radical (unpaired) electrons. The summed E-state index contributed by atoms with van der Waals surface area (Å²) in [7, 11) is 0. The molecule has 0 saturated carbocycles. The van der Waals surface area contributed by atoms with Crippen LogP contribution in [0.3, 0.4) is 0 Å². The van der Waals surface area contributed by atoms with E-state index in [0.717, 1.165) is 0 Å². The highest BCUT2D eigenvalue weighted by Gasteiger charge is 2.17. The average molecular weight is 226 g/mol. The lowest BCUT2D eigenvalue weighted by molar-refractivity contribution is -0.386. The Balaban J connectivity index is 2.78. The van der Waals surface area contributed by atoms with Crippen LogP contribution in [0.5, 0.6) is 5.88 Å². The molecule has 0 saturated heterocycles. The van der Waals surface area contributed by atoms with Crippen molar-refractivity contribution in [3.8, 4) is 5.88 Å². The molecule has 0 amide bonds. The number of aryl methyl sites for hydroxylation is 1. The molecule has 0 fully saturated rings. The third kappa shape index (κ3) is 3.19. The minimum Gasteiger partial charge on any atom is -0.435 e. The van der Waals surface area contributed by atoms with Gasteiger partial charge in [0.1, 0.15) is 0 Å². The minimum atomic E-state index is -0.608. The van der Waals surface area contributed by atoms with Crippen molar-refractivity contribution in [2.75, 3.05) is 6.79 Å². The molecule has 0 spiro atoms. The van der Waals surface area contributed by atoms with Crippen LogP contribution in [0.15, 0.2) is 12.3 Å². The number of carbonyl (C=O) groups is 1. The number of rotatable bonds is 4. The Labute approximate surface area is 91.2 Å². The number of hydrogen-bond acceptors (Lipinski definition) is 6. The molecule has 0 aliphatic rings. The number of nitro groups is 1. The third-order valence-corrected chi connectivity index (χ3v) is 1.62. The van der Waals surface area contributed by atoms with Gasteiger partial charge < -0.3 is 9.47 Å². The largest absolute Gasteiger partial charge is 0.435 e. The van der Waals surface area contributed by atoms with Crippen LogP contribution >= 0.6 is 0 Å². The summed E-state index contributed by atoms with van der Waals surface area (Å²) in [5, 5.41) is 10.6. The van der Waals surface area contributed by atoms with Gasteiger partial charge >= 0.3 is 11.7 Å². The van der Waals surface area contributed by atoms with Crippen LogP contribution in [0.2, 0.25) is 0 Å². The van der Waals surface area contributed by atoms with Crippen LogP contribution in [0, 0.1) is 17.0 Å². The summed E-state index contributed by atoms with van der Waals surface area (Å²) in [6.45, 7) is 2.49. The topological polar surface area (TPSA) is 91.6 Å². The summed E-state index contributed by atoms with van der Waals surface area (Å²) in [5.41, 5.74) is 0.388. The SMILES string of the molecule is CC(=O)OCOc1ncc(C)cc1[N+](=O)[O-]. The van der Waals surface area contributed by atoms with E-state index in [2.05, 4.69) is 9.72 Å². The van der Waals surface area contributed by atoms with E-state index >= 15 is 0 Å². The van der Waals surface area contributed by atoms with Crippen molar-refractivity contribution >= 4 is 11.7 Å². The van der Waals surface area contributed by atoms with Gasteiger partial charge in [-0.2, -0.15) is 0 Å². The fraction of sp³-hybridized carbons (Fsp3) is 0.333. The molecule has 0 N–H and O–H groups in total. The molecule has 0 aromatic carbocycles. The second-order valence-corrected chi connectivity index (χ2v) is 2.99. The molecule has 7 nitrogen and oxygen atoms in total. The fourth-order valence-electron chi connectivity index (χ4n) is 0.952. The summed E-state index contributed by atoms with van der Waals surface area (Å²) in [4.78, 5) is 24.2. The van der Waals surface area contributed by atoms with Gasteiger partial charge in [-0.3, -0.25) is 14.9 Å². The van der Waals surface area contributed by atoms with Crippen molar-refractivity contribution in [3.63, 3.8) is 0 Å². The maximum Gasteiger partial charge on any atom is 0.331 e. The van der Waals surface area contributed by atoms with Crippen LogP contribution < -0.4 is 4.74 Å². The highest BCUT2D eigenvalue weighted by molar-refractivity contribution is 5.65. The maximum absolute atomic E-state index is 10.6. The number of nitrogens with zero attached hydrogens (tertiary/aromatic N) is 2. The van der Waals surface area contributed by atoms with Crippen molar-refractivity contribution in [2.45, 2.75) is 13.8 Å². The Morgan fingerprint density at radius 1 is 1.62 bits per heavy atom. The molecule has 1 heterocycles. The second kappa shape index (κ2) is 5.06. The number of esters is 1. The molecule has 0 unspecified atom stereocenters. The van der Waals surface area contributed by atoms with Crippen molar-refractivity contribution < 1.29 is 19.2 Å². The highest BCUT2D eigenvalue weighted by Crippen LogP contribution is 2.24. The Hall–Kier alpha value is -2.18.